The lowest BCUT2D eigenvalue weighted by atomic mass is 10.2. The Balaban J connectivity index is 1.74. The zero-order valence-electron chi connectivity index (χ0n) is 14.3. The van der Waals surface area contributed by atoms with Gasteiger partial charge in [0.25, 0.3) is 11.5 Å². The van der Waals surface area contributed by atoms with Crippen molar-refractivity contribution < 1.29 is 4.79 Å². The number of carbonyl (C=O) groups excluding carboxylic acids is 1. The molecule has 0 atom stereocenters. The van der Waals surface area contributed by atoms with Gasteiger partial charge in [-0.3, -0.25) is 9.59 Å². The molecule has 0 spiro atoms. The lowest BCUT2D eigenvalue weighted by molar-refractivity contribution is 0.0943. The molecular weight excluding hydrogens is 306 g/mol. The predicted molar refractivity (Wildman–Crippen MR) is 95.4 cm³/mol. The molecule has 3 N–H and O–H groups in total. The first-order valence-corrected chi connectivity index (χ1v) is 8.20. The van der Waals surface area contributed by atoms with Crippen LogP contribution in [-0.2, 0) is 0 Å². The molecule has 7 heteroatoms. The highest BCUT2D eigenvalue weighted by molar-refractivity contribution is 5.92. The number of H-pyrrole nitrogens is 1. The molecule has 2 aromatic rings. The van der Waals surface area contributed by atoms with Gasteiger partial charge in [0.2, 0.25) is 0 Å². The summed E-state index contributed by atoms with van der Waals surface area (Å²) in [5.74, 6) is -0.303. The van der Waals surface area contributed by atoms with E-state index >= 15 is 0 Å². The second kappa shape index (κ2) is 9.14. The molecule has 0 aliphatic rings. The topological polar surface area (TPSA) is 90.1 Å². The molecule has 7 nitrogen and oxygen atoms in total. The Morgan fingerprint density at radius 2 is 1.92 bits per heavy atom. The fraction of sp³-hybridized carbons (Fsp3) is 0.471. The number of fused-ring (bicyclic) bond motifs is 1. The summed E-state index contributed by atoms with van der Waals surface area (Å²) in [6.45, 7) is 3.40. The Morgan fingerprint density at radius 1 is 1.17 bits per heavy atom. The molecule has 24 heavy (non-hydrogen) atoms. The van der Waals surface area contributed by atoms with E-state index in [0.29, 0.717) is 17.4 Å². The van der Waals surface area contributed by atoms with E-state index in [1.165, 1.54) is 0 Å². The number of nitrogens with zero attached hydrogens (tertiary/aromatic N) is 2. The second-order valence-corrected chi connectivity index (χ2v) is 5.95. The predicted octanol–water partition coefficient (Wildman–Crippen LogP) is 0.584. The summed E-state index contributed by atoms with van der Waals surface area (Å²) in [5.41, 5.74) is 0.224. The highest BCUT2D eigenvalue weighted by Crippen LogP contribution is 2.05. The Hall–Kier alpha value is -2.25. The molecule has 130 valence electrons. The van der Waals surface area contributed by atoms with E-state index < -0.39 is 0 Å². The number of nitrogens with one attached hydrogen (secondary N) is 3. The molecular formula is C17H25N5O2. The van der Waals surface area contributed by atoms with E-state index in [4.69, 9.17) is 0 Å². The van der Waals surface area contributed by atoms with E-state index in [-0.39, 0.29) is 17.3 Å². The largest absolute Gasteiger partial charge is 0.349 e. The molecule has 1 aromatic carbocycles. The van der Waals surface area contributed by atoms with Crippen LogP contribution in [0.25, 0.3) is 10.9 Å². The van der Waals surface area contributed by atoms with E-state index in [1.54, 1.807) is 24.3 Å². The van der Waals surface area contributed by atoms with Crippen molar-refractivity contribution in [3.8, 4) is 0 Å². The van der Waals surface area contributed by atoms with Gasteiger partial charge < -0.3 is 20.5 Å². The maximum absolute atomic E-state index is 12.1. The van der Waals surface area contributed by atoms with E-state index in [9.17, 15) is 9.59 Å². The number of carbonyl (C=O) groups is 1. The van der Waals surface area contributed by atoms with Crippen LogP contribution in [0.4, 0.5) is 0 Å². The van der Waals surface area contributed by atoms with Gasteiger partial charge in [0.05, 0.1) is 10.9 Å². The number of hydrogen-bond acceptors (Lipinski definition) is 5. The lowest BCUT2D eigenvalue weighted by Crippen LogP contribution is -2.30. The summed E-state index contributed by atoms with van der Waals surface area (Å²) in [4.78, 5) is 32.9. The van der Waals surface area contributed by atoms with E-state index in [2.05, 4.69) is 39.6 Å². The van der Waals surface area contributed by atoms with Crippen molar-refractivity contribution in [2.45, 2.75) is 12.8 Å². The van der Waals surface area contributed by atoms with Crippen LogP contribution in [0, 0.1) is 0 Å². The first-order valence-electron chi connectivity index (χ1n) is 8.20. The Kier molecular flexibility index (Phi) is 6.89. The van der Waals surface area contributed by atoms with E-state index in [0.717, 1.165) is 32.5 Å². The van der Waals surface area contributed by atoms with Gasteiger partial charge in [0, 0.05) is 6.54 Å². The minimum atomic E-state index is -0.356. The zero-order valence-corrected chi connectivity index (χ0v) is 14.3. The fourth-order valence-corrected chi connectivity index (χ4v) is 2.34. The van der Waals surface area contributed by atoms with Crippen molar-refractivity contribution in [3.63, 3.8) is 0 Å². The summed E-state index contributed by atoms with van der Waals surface area (Å²) in [6, 6.07) is 6.97. The van der Waals surface area contributed by atoms with Crippen molar-refractivity contribution in [2.75, 3.05) is 40.3 Å². The van der Waals surface area contributed by atoms with Gasteiger partial charge in [0.15, 0.2) is 5.82 Å². The third kappa shape index (κ3) is 5.43. The normalized spacial score (nSPS) is 11.1. The van der Waals surface area contributed by atoms with Crippen molar-refractivity contribution in [2.24, 2.45) is 0 Å². The highest BCUT2D eigenvalue weighted by atomic mass is 16.2. The fourth-order valence-electron chi connectivity index (χ4n) is 2.34. The third-order valence-electron chi connectivity index (χ3n) is 3.60. The van der Waals surface area contributed by atoms with Gasteiger partial charge in [-0.1, -0.05) is 12.1 Å². The molecule has 0 fully saturated rings. The number of benzene rings is 1. The second-order valence-electron chi connectivity index (χ2n) is 5.95. The Bertz CT molecular complexity index is 726. The quantitative estimate of drug-likeness (QED) is 0.585. The monoisotopic (exact) mass is 331 g/mol. The van der Waals surface area contributed by atoms with Crippen LogP contribution in [0.3, 0.4) is 0 Å². The third-order valence-corrected chi connectivity index (χ3v) is 3.60. The molecule has 1 amide bonds. The van der Waals surface area contributed by atoms with Crippen LogP contribution in [-0.4, -0.2) is 61.0 Å². The number of para-hydroxylation sites is 1. The van der Waals surface area contributed by atoms with Crippen molar-refractivity contribution in [1.82, 2.24) is 25.5 Å². The van der Waals surface area contributed by atoms with Crippen LogP contribution >= 0.6 is 0 Å². The standard InChI is InChI=1S/C17H25N5O2/c1-22(2)12-6-10-18-9-5-11-19-17(24)15-20-14-8-4-3-7-13(14)16(23)21-15/h3-4,7-8,18H,5-6,9-12H2,1-2H3,(H,19,24)(H,20,21,23). The van der Waals surface area contributed by atoms with Gasteiger partial charge in [0.1, 0.15) is 0 Å². The SMILES string of the molecule is CN(C)CCCNCCCNC(=O)c1nc2ccccc2c(=O)[nH]1. The molecule has 0 bridgehead atoms. The molecule has 0 unspecified atom stereocenters. The summed E-state index contributed by atoms with van der Waals surface area (Å²) in [6.07, 6.45) is 1.92. The Morgan fingerprint density at radius 3 is 2.71 bits per heavy atom. The average molecular weight is 331 g/mol. The Labute approximate surface area is 141 Å². The number of hydrogen-bond donors (Lipinski definition) is 3. The van der Waals surface area contributed by atoms with Crippen molar-refractivity contribution in [1.29, 1.82) is 0 Å². The van der Waals surface area contributed by atoms with E-state index in [1.807, 2.05) is 0 Å². The molecule has 0 aliphatic heterocycles. The maximum Gasteiger partial charge on any atom is 0.287 e. The van der Waals surface area contributed by atoms with Crippen LogP contribution in [0.1, 0.15) is 23.5 Å². The zero-order chi connectivity index (χ0) is 17.4. The summed E-state index contributed by atoms with van der Waals surface area (Å²) >= 11 is 0. The molecule has 0 saturated heterocycles. The summed E-state index contributed by atoms with van der Waals surface area (Å²) < 4.78 is 0. The van der Waals surface area contributed by atoms with Gasteiger partial charge in [-0.05, 0) is 58.7 Å². The average Bonchev–Trinajstić information content (AvgIpc) is 2.56. The van der Waals surface area contributed by atoms with Gasteiger partial charge in [-0.2, -0.15) is 0 Å². The highest BCUT2D eigenvalue weighted by Gasteiger charge is 2.10. The minimum absolute atomic E-state index is 0.0534. The molecule has 2 rings (SSSR count). The number of amides is 1. The van der Waals surface area contributed by atoms with Crippen LogP contribution < -0.4 is 16.2 Å². The van der Waals surface area contributed by atoms with Crippen LogP contribution in [0.5, 0.6) is 0 Å². The lowest BCUT2D eigenvalue weighted by Gasteiger charge is -2.10. The first kappa shape index (κ1) is 18.1. The number of aromatic nitrogens is 2. The molecule has 0 aliphatic carbocycles. The number of aromatic amines is 1. The van der Waals surface area contributed by atoms with Gasteiger partial charge in [-0.25, -0.2) is 4.98 Å². The smallest absolute Gasteiger partial charge is 0.287 e. The summed E-state index contributed by atoms with van der Waals surface area (Å²) in [7, 11) is 4.11. The van der Waals surface area contributed by atoms with Crippen molar-refractivity contribution >= 4 is 16.8 Å². The number of rotatable bonds is 9. The first-order chi connectivity index (χ1) is 11.6. The van der Waals surface area contributed by atoms with Crippen molar-refractivity contribution in [3.05, 3.63) is 40.4 Å². The van der Waals surface area contributed by atoms with Crippen LogP contribution in [0.15, 0.2) is 29.1 Å². The molecule has 0 saturated carbocycles. The van der Waals surface area contributed by atoms with Gasteiger partial charge in [-0.15, -0.1) is 0 Å². The molecule has 1 aromatic heterocycles. The van der Waals surface area contributed by atoms with Crippen LogP contribution in [0.2, 0.25) is 0 Å². The molecule has 1 heterocycles. The molecule has 0 radical (unpaired) electrons. The maximum atomic E-state index is 12.1. The minimum Gasteiger partial charge on any atom is -0.349 e. The summed E-state index contributed by atoms with van der Waals surface area (Å²) in [5, 5.41) is 6.60. The van der Waals surface area contributed by atoms with Gasteiger partial charge >= 0.3 is 0 Å².